The number of allylic oxidation sites excluding steroid dienone is 1. The first-order chi connectivity index (χ1) is 12.6. The molecule has 0 spiro atoms. The number of fused-ring (bicyclic) bond motifs is 1. The number of ether oxygens (including phenoxy) is 2. The van der Waals surface area contributed by atoms with E-state index in [1.165, 1.54) is 6.33 Å². The van der Waals surface area contributed by atoms with Crippen LogP contribution in [0.1, 0.15) is 25.5 Å². The highest BCUT2D eigenvalue weighted by Crippen LogP contribution is 2.30. The first-order valence-electron chi connectivity index (χ1n) is 8.44. The van der Waals surface area contributed by atoms with Gasteiger partial charge in [0.2, 0.25) is 0 Å². The number of esters is 1. The van der Waals surface area contributed by atoms with E-state index >= 15 is 0 Å². The summed E-state index contributed by atoms with van der Waals surface area (Å²) >= 11 is 0. The van der Waals surface area contributed by atoms with Gasteiger partial charge in [0, 0.05) is 19.7 Å². The Morgan fingerprint density at radius 2 is 2.31 bits per heavy atom. The second-order valence-electron chi connectivity index (χ2n) is 6.35. The van der Waals surface area contributed by atoms with Gasteiger partial charge in [-0.1, -0.05) is 6.08 Å². The van der Waals surface area contributed by atoms with Gasteiger partial charge in [-0.05, 0) is 19.0 Å². The van der Waals surface area contributed by atoms with Crippen molar-refractivity contribution in [3.8, 4) is 0 Å². The highest BCUT2D eigenvalue weighted by atomic mass is 16.6. The third kappa shape index (κ3) is 3.13. The van der Waals surface area contributed by atoms with Gasteiger partial charge >= 0.3 is 5.97 Å². The molecule has 2 aromatic rings. The van der Waals surface area contributed by atoms with Gasteiger partial charge in [-0.2, -0.15) is 0 Å². The van der Waals surface area contributed by atoms with E-state index in [0.29, 0.717) is 17.6 Å². The summed E-state index contributed by atoms with van der Waals surface area (Å²) in [6.45, 7) is 0.195. The summed E-state index contributed by atoms with van der Waals surface area (Å²) in [5.74, 6) is -0.325. The van der Waals surface area contributed by atoms with Gasteiger partial charge in [0.15, 0.2) is 11.2 Å². The molecule has 0 unspecified atom stereocenters. The lowest BCUT2D eigenvalue weighted by Crippen LogP contribution is -2.21. The topological polar surface area (TPSA) is 102 Å². The Morgan fingerprint density at radius 1 is 1.42 bits per heavy atom. The third-order valence-corrected chi connectivity index (χ3v) is 4.46. The molecule has 0 aromatic carbocycles. The Morgan fingerprint density at radius 3 is 3.15 bits per heavy atom. The van der Waals surface area contributed by atoms with Gasteiger partial charge in [0.25, 0.3) is 5.56 Å². The molecule has 136 valence electrons. The van der Waals surface area contributed by atoms with Crippen LogP contribution in [0.3, 0.4) is 0 Å². The molecule has 1 fully saturated rings. The van der Waals surface area contributed by atoms with Gasteiger partial charge in [0.05, 0.1) is 24.3 Å². The predicted octanol–water partition coefficient (Wildman–Crippen LogP) is 1.07. The quantitative estimate of drug-likeness (QED) is 0.817. The number of aromatic amines is 1. The minimum atomic E-state index is -0.325. The molecule has 4 heterocycles. The number of hydrogen-bond acceptors (Lipinski definition) is 7. The van der Waals surface area contributed by atoms with Gasteiger partial charge in [-0.25, -0.2) is 14.8 Å². The number of carbonyl (C=O) groups is 1. The molecule has 2 aromatic heterocycles. The van der Waals surface area contributed by atoms with E-state index in [-0.39, 0.29) is 36.0 Å². The number of hydrogen-bond donors (Lipinski definition) is 1. The first kappa shape index (κ1) is 16.5. The molecule has 9 nitrogen and oxygen atoms in total. The van der Waals surface area contributed by atoms with Crippen molar-refractivity contribution in [1.29, 1.82) is 0 Å². The molecule has 2 aliphatic heterocycles. The third-order valence-electron chi connectivity index (χ3n) is 4.46. The lowest BCUT2D eigenvalue weighted by atomic mass is 10.1. The summed E-state index contributed by atoms with van der Waals surface area (Å²) in [7, 11) is 1.86. The summed E-state index contributed by atoms with van der Waals surface area (Å²) < 4.78 is 13.1. The van der Waals surface area contributed by atoms with Crippen LogP contribution in [0.4, 0.5) is 0 Å². The zero-order chi connectivity index (χ0) is 18.1. The second-order valence-corrected chi connectivity index (χ2v) is 6.35. The van der Waals surface area contributed by atoms with Crippen molar-refractivity contribution in [2.45, 2.75) is 31.6 Å². The van der Waals surface area contributed by atoms with Crippen molar-refractivity contribution in [2.75, 3.05) is 13.7 Å². The number of rotatable bonds is 4. The summed E-state index contributed by atoms with van der Waals surface area (Å²) in [6, 6.07) is 0. The van der Waals surface area contributed by atoms with E-state index < -0.39 is 0 Å². The average molecular weight is 357 g/mol. The van der Waals surface area contributed by atoms with Crippen molar-refractivity contribution >= 4 is 17.1 Å². The second kappa shape index (κ2) is 6.75. The number of carbonyl (C=O) groups excluding carboxylic acids is 1. The largest absolute Gasteiger partial charge is 0.460 e. The molecule has 2 aliphatic rings. The maximum Gasteiger partial charge on any atom is 0.335 e. The van der Waals surface area contributed by atoms with Crippen LogP contribution < -0.4 is 5.56 Å². The zero-order valence-electron chi connectivity index (χ0n) is 14.3. The molecule has 0 radical (unpaired) electrons. The van der Waals surface area contributed by atoms with Gasteiger partial charge in [0.1, 0.15) is 12.8 Å². The maximum atomic E-state index is 12.2. The monoisotopic (exact) mass is 357 g/mol. The highest BCUT2D eigenvalue weighted by Gasteiger charge is 2.29. The minimum Gasteiger partial charge on any atom is -0.460 e. The van der Waals surface area contributed by atoms with Crippen molar-refractivity contribution < 1.29 is 14.3 Å². The molecule has 1 saturated heterocycles. The van der Waals surface area contributed by atoms with E-state index in [0.717, 1.165) is 12.8 Å². The Balaban J connectivity index is 1.37. The lowest BCUT2D eigenvalue weighted by molar-refractivity contribution is -0.144. The Bertz CT molecular complexity index is 944. The number of H-pyrrole nitrogens is 1. The molecule has 9 heteroatoms. The molecule has 0 amide bonds. The van der Waals surface area contributed by atoms with Gasteiger partial charge in [-0.3, -0.25) is 9.36 Å². The Labute approximate surface area is 148 Å². The van der Waals surface area contributed by atoms with Crippen LogP contribution >= 0.6 is 0 Å². The molecule has 4 rings (SSSR count). The summed E-state index contributed by atoms with van der Waals surface area (Å²) in [5.41, 5.74) is 1.11. The highest BCUT2D eigenvalue weighted by molar-refractivity contribution is 5.88. The summed E-state index contributed by atoms with van der Waals surface area (Å²) in [5, 5.41) is 0. The standard InChI is InChI=1S/C17H19N5O4/c1-21-6-2-3-11(7-21)17(24)25-8-12-4-5-13(26-12)22-10-20-14-15(22)18-9-19-16(14)23/h2,6-7,9-10,12-13H,3-5,8H2,1H3,(H,18,19,23)/t12-,13+/m0/s1. The van der Waals surface area contributed by atoms with Crippen LogP contribution in [-0.4, -0.2) is 50.1 Å². The van der Waals surface area contributed by atoms with E-state index in [9.17, 15) is 9.59 Å². The molecule has 1 N–H and O–H groups in total. The smallest absolute Gasteiger partial charge is 0.335 e. The lowest BCUT2D eigenvalue weighted by Gasteiger charge is -2.18. The fourth-order valence-electron chi connectivity index (χ4n) is 3.17. The minimum absolute atomic E-state index is 0.194. The van der Waals surface area contributed by atoms with Crippen molar-refractivity contribution in [1.82, 2.24) is 24.4 Å². The normalized spacial score (nSPS) is 22.7. The number of aromatic nitrogens is 4. The summed E-state index contributed by atoms with van der Waals surface area (Å²) in [4.78, 5) is 36.5. The Hall–Kier alpha value is -2.94. The van der Waals surface area contributed by atoms with Crippen molar-refractivity contribution in [3.63, 3.8) is 0 Å². The molecular formula is C17H19N5O4. The number of nitrogens with one attached hydrogen (secondary N) is 1. The SMILES string of the molecule is CN1C=CCC(C(=O)OC[C@@H]2CC[C@H](n3cnc4c(=O)[nH]cnc43)O2)=C1. The van der Waals surface area contributed by atoms with Crippen LogP contribution in [0.25, 0.3) is 11.2 Å². The molecular weight excluding hydrogens is 338 g/mol. The molecule has 0 bridgehead atoms. The van der Waals surface area contributed by atoms with Crippen LogP contribution in [0.5, 0.6) is 0 Å². The first-order valence-corrected chi connectivity index (χ1v) is 8.44. The molecule has 0 saturated carbocycles. The van der Waals surface area contributed by atoms with Crippen molar-refractivity contribution in [3.05, 3.63) is 47.1 Å². The van der Waals surface area contributed by atoms with Crippen LogP contribution in [0.2, 0.25) is 0 Å². The molecule has 0 aliphatic carbocycles. The van der Waals surface area contributed by atoms with Crippen LogP contribution in [0.15, 0.2) is 41.5 Å². The van der Waals surface area contributed by atoms with Crippen LogP contribution in [-0.2, 0) is 14.3 Å². The van der Waals surface area contributed by atoms with E-state index in [4.69, 9.17) is 9.47 Å². The predicted molar refractivity (Wildman–Crippen MR) is 91.9 cm³/mol. The average Bonchev–Trinajstić information content (AvgIpc) is 3.27. The number of nitrogens with zero attached hydrogens (tertiary/aromatic N) is 4. The van der Waals surface area contributed by atoms with E-state index in [1.807, 2.05) is 24.2 Å². The fraction of sp³-hybridized carbons (Fsp3) is 0.412. The molecule has 2 atom stereocenters. The van der Waals surface area contributed by atoms with Gasteiger partial charge < -0.3 is 19.4 Å². The van der Waals surface area contributed by atoms with E-state index in [2.05, 4.69) is 15.0 Å². The molecule has 26 heavy (non-hydrogen) atoms. The zero-order valence-corrected chi connectivity index (χ0v) is 14.3. The van der Waals surface area contributed by atoms with E-state index in [1.54, 1.807) is 17.1 Å². The Kier molecular flexibility index (Phi) is 4.29. The number of imidazole rings is 1. The van der Waals surface area contributed by atoms with Crippen molar-refractivity contribution in [2.24, 2.45) is 0 Å². The van der Waals surface area contributed by atoms with Gasteiger partial charge in [-0.15, -0.1) is 0 Å². The maximum absolute atomic E-state index is 12.2. The summed E-state index contributed by atoms with van der Waals surface area (Å²) in [6.07, 6.45) is 10.1. The van der Waals surface area contributed by atoms with Crippen LogP contribution in [0, 0.1) is 0 Å². The fourth-order valence-corrected chi connectivity index (χ4v) is 3.17.